The zero-order valence-corrected chi connectivity index (χ0v) is 28.3. The molecule has 8 nitrogen and oxygen atoms in total. The summed E-state index contributed by atoms with van der Waals surface area (Å²) in [5, 5.41) is 10.8. The minimum atomic E-state index is -0.757. The lowest BCUT2D eigenvalue weighted by Gasteiger charge is -2.13. The molecule has 1 atom stereocenters. The number of nitrogens with one attached hydrogen (secondary N) is 3. The van der Waals surface area contributed by atoms with Crippen LogP contribution in [0.15, 0.2) is 77.6 Å². The van der Waals surface area contributed by atoms with Gasteiger partial charge in [0.15, 0.2) is 5.82 Å². The summed E-state index contributed by atoms with van der Waals surface area (Å²) in [6.45, 7) is 8.57. The lowest BCUT2D eigenvalue weighted by atomic mass is 10.2. The van der Waals surface area contributed by atoms with E-state index in [0.717, 1.165) is 31.7 Å². The molecule has 12 heteroatoms. The van der Waals surface area contributed by atoms with Gasteiger partial charge in [0.2, 0.25) is 0 Å². The molecule has 1 aromatic heterocycles. The molecule has 3 aromatic rings. The Kier molecular flexibility index (Phi) is 18.4. The lowest BCUT2D eigenvalue weighted by molar-refractivity contribution is 0.306. The van der Waals surface area contributed by atoms with Crippen LogP contribution in [0.5, 0.6) is 5.75 Å². The molecule has 5 N–H and O–H groups in total. The van der Waals surface area contributed by atoms with Gasteiger partial charge in [0, 0.05) is 47.5 Å². The van der Waals surface area contributed by atoms with E-state index < -0.39 is 10.8 Å². The van der Waals surface area contributed by atoms with E-state index in [0.29, 0.717) is 51.0 Å². The van der Waals surface area contributed by atoms with E-state index in [1.807, 2.05) is 26.8 Å². The first-order valence-electron chi connectivity index (χ1n) is 14.5. The van der Waals surface area contributed by atoms with Gasteiger partial charge >= 0.3 is 0 Å². The number of aromatic nitrogens is 2. The van der Waals surface area contributed by atoms with Crippen molar-refractivity contribution in [2.45, 2.75) is 45.2 Å². The second kappa shape index (κ2) is 21.7. The molecule has 0 radical (unpaired) electrons. The van der Waals surface area contributed by atoms with Crippen molar-refractivity contribution in [3.8, 4) is 5.75 Å². The first-order chi connectivity index (χ1) is 21.4. The third-order valence-electron chi connectivity index (χ3n) is 5.98. The maximum absolute atomic E-state index is 13.4. The van der Waals surface area contributed by atoms with Gasteiger partial charge in [-0.15, -0.1) is 0 Å². The number of allylic oxidation sites excluding steroid dienone is 2. The van der Waals surface area contributed by atoms with Crippen molar-refractivity contribution in [3.05, 3.63) is 89.0 Å². The van der Waals surface area contributed by atoms with E-state index in [2.05, 4.69) is 44.1 Å². The fraction of sp³-hybridized carbons (Fsp3) is 0.375. The van der Waals surface area contributed by atoms with Crippen molar-refractivity contribution in [2.75, 3.05) is 48.6 Å². The number of benzene rings is 2. The Hall–Kier alpha value is -2.96. The Balaban J connectivity index is 0.00000330. The Morgan fingerprint density at radius 2 is 1.93 bits per heavy atom. The molecule has 0 fully saturated rings. The van der Waals surface area contributed by atoms with Gasteiger partial charge in [0.1, 0.15) is 35.2 Å². The predicted molar refractivity (Wildman–Crippen MR) is 186 cm³/mol. The Bertz CT molecular complexity index is 1380. The number of halogens is 2. The van der Waals surface area contributed by atoms with Crippen LogP contribution in [0.25, 0.3) is 0 Å². The quantitative estimate of drug-likeness (QED) is 0.0373. The highest BCUT2D eigenvalue weighted by Crippen LogP contribution is 2.33. The molecule has 44 heavy (non-hydrogen) atoms. The number of hydrogen-bond acceptors (Lipinski definition) is 9. The molecule has 0 aliphatic heterocycles. The number of rotatable bonds is 18. The van der Waals surface area contributed by atoms with Crippen LogP contribution in [-0.2, 0) is 17.4 Å². The molecule has 1 heterocycles. The summed E-state index contributed by atoms with van der Waals surface area (Å²) >= 11 is 8.00. The fourth-order valence-corrected chi connectivity index (χ4v) is 5.30. The number of nitrogens with zero attached hydrogens (tertiary/aromatic N) is 2. The molecule has 0 aliphatic rings. The lowest BCUT2D eigenvalue weighted by Crippen LogP contribution is -2.31. The molecule has 1 unspecified atom stereocenters. The Labute approximate surface area is 273 Å². The Morgan fingerprint density at radius 3 is 2.66 bits per heavy atom. The van der Waals surface area contributed by atoms with Gasteiger partial charge in [-0.3, -0.25) is 4.21 Å². The minimum absolute atomic E-state index is 0.202. The number of hydrogen-bond donors (Lipinski definition) is 4. The number of nitrogen functional groups attached to an aromatic ring is 1. The second-order valence-electron chi connectivity index (χ2n) is 9.28. The number of ether oxygens (including phenoxy) is 1. The fourth-order valence-electron chi connectivity index (χ4n) is 3.65. The number of anilines is 3. The maximum Gasteiger partial charge on any atom is 0.158 e. The maximum atomic E-state index is 13.4. The van der Waals surface area contributed by atoms with E-state index in [1.165, 1.54) is 24.0 Å². The molecule has 0 spiro atoms. The zero-order valence-electron chi connectivity index (χ0n) is 25.9. The molecule has 0 saturated carbocycles. The molecule has 3 rings (SSSR count). The molecule has 0 bridgehead atoms. The molecular weight excluding hydrogens is 619 g/mol. The predicted octanol–water partition coefficient (Wildman–Crippen LogP) is 7.09. The van der Waals surface area contributed by atoms with Crippen LogP contribution in [0.3, 0.4) is 0 Å². The van der Waals surface area contributed by atoms with Gasteiger partial charge in [0.25, 0.3) is 0 Å². The van der Waals surface area contributed by atoms with Gasteiger partial charge in [-0.1, -0.05) is 73.1 Å². The van der Waals surface area contributed by atoms with Crippen molar-refractivity contribution in [1.29, 1.82) is 0 Å². The van der Waals surface area contributed by atoms with Crippen molar-refractivity contribution < 1.29 is 13.3 Å². The first kappa shape index (κ1) is 37.2. The van der Waals surface area contributed by atoms with Crippen LogP contribution in [-0.4, -0.2) is 51.7 Å². The van der Waals surface area contributed by atoms with Gasteiger partial charge in [-0.05, 0) is 62.2 Å². The normalized spacial score (nSPS) is 12.1. The van der Waals surface area contributed by atoms with Crippen LogP contribution >= 0.6 is 23.4 Å². The summed E-state index contributed by atoms with van der Waals surface area (Å²) in [7, 11) is -0.757. The third kappa shape index (κ3) is 14.2. The highest BCUT2D eigenvalue weighted by Gasteiger charge is 2.11. The van der Waals surface area contributed by atoms with E-state index in [-0.39, 0.29) is 12.4 Å². The largest absolute Gasteiger partial charge is 0.487 e. The average molecular weight is 663 g/mol. The molecule has 0 amide bonds. The van der Waals surface area contributed by atoms with Gasteiger partial charge < -0.3 is 26.4 Å². The summed E-state index contributed by atoms with van der Waals surface area (Å²) in [4.78, 5) is 8.68. The summed E-state index contributed by atoms with van der Waals surface area (Å²) in [5.74, 6) is 2.09. The minimum Gasteiger partial charge on any atom is -0.487 e. The highest BCUT2D eigenvalue weighted by molar-refractivity contribution is 7.99. The van der Waals surface area contributed by atoms with Crippen LogP contribution in [0.2, 0.25) is 5.02 Å². The van der Waals surface area contributed by atoms with Gasteiger partial charge in [-0.2, -0.15) is 0 Å². The first-order valence-corrected chi connectivity index (χ1v) is 17.6. The average Bonchev–Trinajstić information content (AvgIpc) is 3.01. The van der Waals surface area contributed by atoms with Crippen LogP contribution < -0.4 is 26.4 Å². The standard InChI is InChI=1S/C30H38ClFN6O2S2.C2H6/c1-3-22(8-5-4-6-13-34-20-35-14-15-42(2)39)19-41-30-28(33)29(36-21-37-30)38-25-11-12-27(26(31)17-25)40-18-23-9-7-10-24(32)16-23;1-2/h3-5,7,9-12,16-17,21,34-35H,6,8,13-15,18-20,33H2,1-2H3,(H,36,37,38);1-2H3/b5-4-,22-3+;. The SMILES string of the molecule is C/C=C(\C/C=C\CCNCNCCS(C)=O)CSc1ncnc(Nc2ccc(OCc3cccc(F)c3)c(Cl)c2)c1N.CC. The topological polar surface area (TPSA) is 114 Å². The second-order valence-corrected chi connectivity index (χ2v) is 12.2. The van der Waals surface area contributed by atoms with E-state index in [9.17, 15) is 8.60 Å². The summed E-state index contributed by atoms with van der Waals surface area (Å²) < 4.78 is 30.2. The van der Waals surface area contributed by atoms with Crippen molar-refractivity contribution in [3.63, 3.8) is 0 Å². The smallest absolute Gasteiger partial charge is 0.158 e. The van der Waals surface area contributed by atoms with Crippen LogP contribution in [0.1, 0.15) is 39.2 Å². The zero-order chi connectivity index (χ0) is 32.2. The van der Waals surface area contributed by atoms with Crippen molar-refractivity contribution in [1.82, 2.24) is 20.6 Å². The van der Waals surface area contributed by atoms with E-state index >= 15 is 0 Å². The summed E-state index contributed by atoms with van der Waals surface area (Å²) in [5.41, 5.74) is 9.54. The summed E-state index contributed by atoms with van der Waals surface area (Å²) in [6, 6.07) is 11.5. The van der Waals surface area contributed by atoms with Crippen LogP contribution in [0.4, 0.5) is 21.6 Å². The van der Waals surface area contributed by atoms with Gasteiger partial charge in [-0.25, -0.2) is 14.4 Å². The summed E-state index contributed by atoms with van der Waals surface area (Å²) in [6.07, 6.45) is 11.5. The number of nitrogens with two attached hydrogens (primary N) is 1. The molecular formula is C32H44ClFN6O2S2. The third-order valence-corrected chi connectivity index (χ3v) is 8.17. The number of thioether (sulfide) groups is 1. The van der Waals surface area contributed by atoms with E-state index in [4.69, 9.17) is 22.1 Å². The van der Waals surface area contributed by atoms with E-state index in [1.54, 1.807) is 42.3 Å². The Morgan fingerprint density at radius 1 is 1.14 bits per heavy atom. The van der Waals surface area contributed by atoms with Crippen molar-refractivity contribution in [2.24, 2.45) is 0 Å². The molecule has 0 saturated heterocycles. The molecule has 240 valence electrons. The molecule has 2 aromatic carbocycles. The van der Waals surface area contributed by atoms with Crippen molar-refractivity contribution >= 4 is 51.4 Å². The highest BCUT2D eigenvalue weighted by atomic mass is 35.5. The van der Waals surface area contributed by atoms with Gasteiger partial charge in [0.05, 0.1) is 5.02 Å². The monoisotopic (exact) mass is 662 g/mol. The van der Waals surface area contributed by atoms with Crippen LogP contribution in [0, 0.1) is 5.82 Å². The molecule has 0 aliphatic carbocycles.